The molecule has 0 fully saturated rings. The lowest BCUT2D eigenvalue weighted by Crippen LogP contribution is -2.18. The minimum absolute atomic E-state index is 0.695. The molecule has 0 saturated carbocycles. The van der Waals surface area contributed by atoms with Crippen LogP contribution in [0, 0.1) is 0 Å². The number of hydrogen-bond acceptors (Lipinski definition) is 3. The van der Waals surface area contributed by atoms with Crippen LogP contribution in [0.3, 0.4) is 0 Å². The highest BCUT2D eigenvalue weighted by Crippen LogP contribution is 2.35. The van der Waals surface area contributed by atoms with Gasteiger partial charge in [-0.2, -0.15) is 0 Å². The number of nitrogens with one attached hydrogen (secondary N) is 1. The summed E-state index contributed by atoms with van der Waals surface area (Å²) >= 11 is 13.8. The van der Waals surface area contributed by atoms with Gasteiger partial charge in [-0.1, -0.05) is 47.1 Å². The molecule has 0 aliphatic heterocycles. The highest BCUT2D eigenvalue weighted by molar-refractivity contribution is 7.99. The molecule has 0 spiro atoms. The molecule has 0 heterocycles. The van der Waals surface area contributed by atoms with E-state index in [2.05, 4.69) is 29.6 Å². The third-order valence-electron chi connectivity index (χ3n) is 2.86. The number of methoxy groups -OCH3 is 1. The third kappa shape index (κ3) is 5.53. The second-order valence-electron chi connectivity index (χ2n) is 4.49. The Labute approximate surface area is 139 Å². The van der Waals surface area contributed by atoms with Crippen LogP contribution in [0.1, 0.15) is 5.56 Å². The van der Waals surface area contributed by atoms with Crippen molar-refractivity contribution < 1.29 is 4.74 Å². The van der Waals surface area contributed by atoms with Crippen LogP contribution in [0.5, 0.6) is 0 Å². The highest BCUT2D eigenvalue weighted by Gasteiger charge is 2.04. The topological polar surface area (TPSA) is 21.3 Å². The van der Waals surface area contributed by atoms with Gasteiger partial charge in [-0.25, -0.2) is 0 Å². The first-order valence-corrected chi connectivity index (χ1v) is 8.18. The van der Waals surface area contributed by atoms with Crippen LogP contribution in [0.4, 0.5) is 0 Å². The summed E-state index contributed by atoms with van der Waals surface area (Å²) in [5, 5.41) is 4.73. The van der Waals surface area contributed by atoms with Gasteiger partial charge >= 0.3 is 0 Å². The molecule has 112 valence electrons. The zero-order chi connectivity index (χ0) is 15.1. The minimum Gasteiger partial charge on any atom is -0.383 e. The fourth-order valence-electron chi connectivity index (χ4n) is 1.76. The van der Waals surface area contributed by atoms with Gasteiger partial charge in [0.2, 0.25) is 0 Å². The lowest BCUT2D eigenvalue weighted by molar-refractivity contribution is 0.199. The van der Waals surface area contributed by atoms with Crippen LogP contribution in [-0.2, 0) is 11.3 Å². The average Bonchev–Trinajstić information content (AvgIpc) is 2.49. The van der Waals surface area contributed by atoms with Crippen molar-refractivity contribution in [2.45, 2.75) is 16.3 Å². The minimum atomic E-state index is 0.695. The van der Waals surface area contributed by atoms with E-state index in [1.165, 1.54) is 5.56 Å². The van der Waals surface area contributed by atoms with Gasteiger partial charge in [0.05, 0.1) is 11.6 Å². The molecule has 0 saturated heterocycles. The van der Waals surface area contributed by atoms with E-state index in [1.54, 1.807) is 24.9 Å². The van der Waals surface area contributed by atoms with Gasteiger partial charge < -0.3 is 10.1 Å². The second-order valence-corrected chi connectivity index (χ2v) is 6.45. The number of ether oxygens (including phenoxy) is 1. The molecular formula is C16H17Cl2NOS. The zero-order valence-electron chi connectivity index (χ0n) is 11.7. The van der Waals surface area contributed by atoms with Gasteiger partial charge in [0, 0.05) is 35.0 Å². The van der Waals surface area contributed by atoms with E-state index in [0.717, 1.165) is 34.5 Å². The Kier molecular flexibility index (Phi) is 6.87. The first-order chi connectivity index (χ1) is 10.2. The lowest BCUT2D eigenvalue weighted by Gasteiger charge is -2.07. The maximum atomic E-state index is 6.17. The number of halogens is 2. The van der Waals surface area contributed by atoms with Crippen LogP contribution >= 0.6 is 35.0 Å². The molecule has 0 aliphatic rings. The van der Waals surface area contributed by atoms with E-state index >= 15 is 0 Å². The van der Waals surface area contributed by atoms with Crippen molar-refractivity contribution in [2.24, 2.45) is 0 Å². The van der Waals surface area contributed by atoms with Gasteiger partial charge in [0.15, 0.2) is 0 Å². The van der Waals surface area contributed by atoms with Crippen molar-refractivity contribution in [3.05, 3.63) is 58.1 Å². The Morgan fingerprint density at radius 1 is 1.10 bits per heavy atom. The summed E-state index contributed by atoms with van der Waals surface area (Å²) in [5.74, 6) is 0. The molecule has 0 aliphatic carbocycles. The summed E-state index contributed by atoms with van der Waals surface area (Å²) < 4.78 is 5.00. The summed E-state index contributed by atoms with van der Waals surface area (Å²) in [6.07, 6.45) is 0. The molecule has 0 radical (unpaired) electrons. The van der Waals surface area contributed by atoms with Crippen LogP contribution in [-0.4, -0.2) is 20.3 Å². The van der Waals surface area contributed by atoms with Crippen molar-refractivity contribution in [1.82, 2.24) is 5.32 Å². The van der Waals surface area contributed by atoms with Gasteiger partial charge in [0.1, 0.15) is 0 Å². The molecule has 0 amide bonds. The Morgan fingerprint density at radius 3 is 2.57 bits per heavy atom. The molecule has 2 aromatic carbocycles. The molecule has 2 rings (SSSR count). The quantitative estimate of drug-likeness (QED) is 0.725. The largest absolute Gasteiger partial charge is 0.383 e. The van der Waals surface area contributed by atoms with E-state index < -0.39 is 0 Å². The Bertz CT molecular complexity index is 575. The number of hydrogen-bond donors (Lipinski definition) is 1. The molecule has 2 aromatic rings. The molecule has 0 atom stereocenters. The van der Waals surface area contributed by atoms with E-state index in [0.29, 0.717) is 5.02 Å². The standard InChI is InChI=1S/C16H17Cl2NOS/c1-20-9-8-19-11-12-2-5-14(6-3-12)21-16-10-13(17)4-7-15(16)18/h2-7,10,19H,8-9,11H2,1H3. The first-order valence-electron chi connectivity index (χ1n) is 6.60. The molecule has 0 unspecified atom stereocenters. The van der Waals surface area contributed by atoms with E-state index in [-0.39, 0.29) is 0 Å². The van der Waals surface area contributed by atoms with Crippen molar-refractivity contribution in [2.75, 3.05) is 20.3 Å². The smallest absolute Gasteiger partial charge is 0.0587 e. The lowest BCUT2D eigenvalue weighted by atomic mass is 10.2. The zero-order valence-corrected chi connectivity index (χ0v) is 14.1. The predicted molar refractivity (Wildman–Crippen MR) is 90.6 cm³/mol. The average molecular weight is 342 g/mol. The number of rotatable bonds is 7. The second kappa shape index (κ2) is 8.66. The summed E-state index contributed by atoms with van der Waals surface area (Å²) in [4.78, 5) is 2.11. The van der Waals surface area contributed by atoms with Crippen molar-refractivity contribution in [3.8, 4) is 0 Å². The summed E-state index contributed by atoms with van der Waals surface area (Å²) in [6, 6.07) is 13.9. The monoisotopic (exact) mass is 341 g/mol. The molecule has 0 aromatic heterocycles. The summed E-state index contributed by atoms with van der Waals surface area (Å²) in [6.45, 7) is 2.42. The Balaban J connectivity index is 1.94. The maximum absolute atomic E-state index is 6.17. The van der Waals surface area contributed by atoms with Crippen LogP contribution in [0.2, 0.25) is 10.0 Å². The van der Waals surface area contributed by atoms with Gasteiger partial charge in [-0.05, 0) is 35.9 Å². The van der Waals surface area contributed by atoms with E-state index in [1.807, 2.05) is 12.1 Å². The van der Waals surface area contributed by atoms with Gasteiger partial charge in [-0.15, -0.1) is 0 Å². The van der Waals surface area contributed by atoms with Crippen molar-refractivity contribution in [3.63, 3.8) is 0 Å². The molecule has 0 bridgehead atoms. The molecule has 5 heteroatoms. The van der Waals surface area contributed by atoms with Gasteiger partial charge in [-0.3, -0.25) is 0 Å². The van der Waals surface area contributed by atoms with E-state index in [9.17, 15) is 0 Å². The summed E-state index contributed by atoms with van der Waals surface area (Å²) in [7, 11) is 1.70. The normalized spacial score (nSPS) is 10.8. The molecular weight excluding hydrogens is 325 g/mol. The molecule has 1 N–H and O–H groups in total. The first kappa shape index (κ1) is 16.7. The Hall–Kier alpha value is -0.710. The highest BCUT2D eigenvalue weighted by atomic mass is 35.5. The van der Waals surface area contributed by atoms with Crippen molar-refractivity contribution >= 4 is 35.0 Å². The maximum Gasteiger partial charge on any atom is 0.0587 e. The van der Waals surface area contributed by atoms with Crippen LogP contribution in [0.25, 0.3) is 0 Å². The van der Waals surface area contributed by atoms with Crippen LogP contribution in [0.15, 0.2) is 52.3 Å². The number of benzene rings is 2. The SMILES string of the molecule is COCCNCc1ccc(Sc2cc(Cl)ccc2Cl)cc1. The molecule has 21 heavy (non-hydrogen) atoms. The predicted octanol–water partition coefficient (Wildman–Crippen LogP) is 4.88. The summed E-state index contributed by atoms with van der Waals surface area (Å²) in [5.41, 5.74) is 1.24. The third-order valence-corrected chi connectivity index (χ3v) is 4.60. The fourth-order valence-corrected chi connectivity index (χ4v) is 3.11. The Morgan fingerprint density at radius 2 is 1.86 bits per heavy atom. The fraction of sp³-hybridized carbons (Fsp3) is 0.250. The van der Waals surface area contributed by atoms with Crippen molar-refractivity contribution in [1.29, 1.82) is 0 Å². The van der Waals surface area contributed by atoms with E-state index in [4.69, 9.17) is 27.9 Å². The van der Waals surface area contributed by atoms with Gasteiger partial charge in [0.25, 0.3) is 0 Å². The molecule has 2 nitrogen and oxygen atoms in total. The van der Waals surface area contributed by atoms with Crippen LogP contribution < -0.4 is 5.32 Å².